The van der Waals surface area contributed by atoms with E-state index in [9.17, 15) is 18.5 Å². The SMILES string of the molecule is CN1c2ccccc2C2=C([C@]3(C(=O)Nc4ccccc43)C(C#N)=C(N)O2)S1(=O)=O. The number of rotatable bonds is 0. The van der Waals surface area contributed by atoms with Crippen molar-refractivity contribution < 1.29 is 17.9 Å². The molecule has 1 spiro atoms. The molecule has 3 heterocycles. The highest BCUT2D eigenvalue weighted by Gasteiger charge is 2.63. The Labute approximate surface area is 166 Å². The maximum atomic E-state index is 13.6. The molecule has 3 N–H and O–H groups in total. The predicted octanol–water partition coefficient (Wildman–Crippen LogP) is 1.75. The first-order valence-corrected chi connectivity index (χ1v) is 10.1. The molecule has 0 aliphatic carbocycles. The molecule has 5 rings (SSSR count). The molecule has 29 heavy (non-hydrogen) atoms. The summed E-state index contributed by atoms with van der Waals surface area (Å²) in [5.74, 6) is -1.000. The van der Waals surface area contributed by atoms with Crippen LogP contribution < -0.4 is 15.4 Å². The first kappa shape index (κ1) is 17.3. The molecule has 0 unspecified atom stereocenters. The summed E-state index contributed by atoms with van der Waals surface area (Å²) in [5, 5.41) is 12.6. The van der Waals surface area contributed by atoms with E-state index >= 15 is 0 Å². The summed E-state index contributed by atoms with van der Waals surface area (Å²) in [7, 11) is -2.82. The van der Waals surface area contributed by atoms with E-state index in [0.29, 0.717) is 22.5 Å². The molecule has 8 nitrogen and oxygen atoms in total. The number of para-hydroxylation sites is 2. The molecule has 1 amide bonds. The summed E-state index contributed by atoms with van der Waals surface area (Å²) < 4.78 is 34.0. The van der Waals surface area contributed by atoms with E-state index in [1.807, 2.05) is 6.07 Å². The van der Waals surface area contributed by atoms with Gasteiger partial charge in [-0.15, -0.1) is 0 Å². The fourth-order valence-corrected chi connectivity index (χ4v) is 6.01. The maximum absolute atomic E-state index is 13.6. The third-order valence-electron chi connectivity index (χ3n) is 5.52. The summed E-state index contributed by atoms with van der Waals surface area (Å²) >= 11 is 0. The van der Waals surface area contributed by atoms with Gasteiger partial charge in [-0.2, -0.15) is 5.26 Å². The fraction of sp³-hybridized carbons (Fsp3) is 0.100. The number of sulfonamides is 1. The lowest BCUT2D eigenvalue weighted by Gasteiger charge is -2.40. The van der Waals surface area contributed by atoms with Crippen molar-refractivity contribution in [1.82, 2.24) is 0 Å². The van der Waals surface area contributed by atoms with Crippen molar-refractivity contribution >= 4 is 33.1 Å². The molecule has 0 saturated carbocycles. The normalized spacial score (nSPS) is 23.7. The molecular weight excluding hydrogens is 392 g/mol. The van der Waals surface area contributed by atoms with Gasteiger partial charge < -0.3 is 15.8 Å². The summed E-state index contributed by atoms with van der Waals surface area (Å²) in [6.07, 6.45) is 0. The molecule has 9 heteroatoms. The maximum Gasteiger partial charge on any atom is 0.265 e. The number of ether oxygens (including phenoxy) is 1. The van der Waals surface area contributed by atoms with Crippen molar-refractivity contribution in [2.24, 2.45) is 5.73 Å². The lowest BCUT2D eigenvalue weighted by atomic mass is 9.73. The third-order valence-corrected chi connectivity index (χ3v) is 7.44. The molecule has 0 saturated heterocycles. The quantitative estimate of drug-likeness (QED) is 0.687. The Morgan fingerprint density at radius 1 is 1.17 bits per heavy atom. The van der Waals surface area contributed by atoms with Crippen LogP contribution in [0.3, 0.4) is 0 Å². The van der Waals surface area contributed by atoms with Crippen molar-refractivity contribution in [2.45, 2.75) is 5.41 Å². The average Bonchev–Trinajstić information content (AvgIpc) is 2.98. The second kappa shape index (κ2) is 5.40. The molecule has 2 aromatic rings. The Bertz CT molecular complexity index is 1340. The number of amides is 1. The highest BCUT2D eigenvalue weighted by Crippen LogP contribution is 2.57. The molecule has 0 bridgehead atoms. The van der Waals surface area contributed by atoms with Crippen LogP contribution in [0.1, 0.15) is 11.1 Å². The lowest BCUT2D eigenvalue weighted by molar-refractivity contribution is -0.118. The average molecular weight is 406 g/mol. The van der Waals surface area contributed by atoms with E-state index in [-0.39, 0.29) is 22.1 Å². The molecule has 3 aliphatic rings. The molecule has 3 aliphatic heterocycles. The van der Waals surface area contributed by atoms with Gasteiger partial charge in [0.2, 0.25) is 11.8 Å². The predicted molar refractivity (Wildman–Crippen MR) is 105 cm³/mol. The van der Waals surface area contributed by atoms with E-state index in [2.05, 4.69) is 5.32 Å². The molecule has 0 radical (unpaired) electrons. The molecular formula is C20H14N4O4S. The lowest BCUT2D eigenvalue weighted by Crippen LogP contribution is -2.49. The highest BCUT2D eigenvalue weighted by atomic mass is 32.2. The largest absolute Gasteiger partial charge is 0.439 e. The van der Waals surface area contributed by atoms with E-state index in [0.717, 1.165) is 4.31 Å². The molecule has 0 aromatic heterocycles. The zero-order chi connectivity index (χ0) is 20.6. The van der Waals surface area contributed by atoms with Gasteiger partial charge >= 0.3 is 0 Å². The van der Waals surface area contributed by atoms with Crippen LogP contribution >= 0.6 is 0 Å². The molecule has 144 valence electrons. The van der Waals surface area contributed by atoms with Crippen molar-refractivity contribution in [1.29, 1.82) is 5.26 Å². The smallest absolute Gasteiger partial charge is 0.265 e. The van der Waals surface area contributed by atoms with Crippen molar-refractivity contribution in [3.05, 3.63) is 76.0 Å². The number of benzene rings is 2. The minimum Gasteiger partial charge on any atom is -0.439 e. The van der Waals surface area contributed by atoms with E-state index < -0.39 is 21.3 Å². The first-order chi connectivity index (χ1) is 13.8. The van der Waals surface area contributed by atoms with Crippen molar-refractivity contribution in [2.75, 3.05) is 16.7 Å². The number of anilines is 2. The summed E-state index contributed by atoms with van der Waals surface area (Å²) in [6.45, 7) is 0. The Hall–Kier alpha value is -3.77. The zero-order valence-corrected chi connectivity index (χ0v) is 15.9. The number of hydrogen-bond acceptors (Lipinski definition) is 6. The number of nitriles is 1. The number of hydrogen-bond donors (Lipinski definition) is 2. The Morgan fingerprint density at radius 3 is 2.62 bits per heavy atom. The molecule has 2 aromatic carbocycles. The summed E-state index contributed by atoms with van der Waals surface area (Å²) in [4.78, 5) is 13.1. The molecule has 0 fully saturated rings. The van der Waals surface area contributed by atoms with Crippen LogP contribution in [0.2, 0.25) is 0 Å². The van der Waals surface area contributed by atoms with Gasteiger partial charge in [-0.25, -0.2) is 8.42 Å². The van der Waals surface area contributed by atoms with Gasteiger partial charge in [0.1, 0.15) is 16.5 Å². The first-order valence-electron chi connectivity index (χ1n) is 8.67. The van der Waals surface area contributed by atoms with Gasteiger partial charge in [0.25, 0.3) is 10.0 Å². The van der Waals surface area contributed by atoms with Crippen molar-refractivity contribution in [3.63, 3.8) is 0 Å². The second-order valence-electron chi connectivity index (χ2n) is 6.85. The Kier molecular flexibility index (Phi) is 3.23. The number of nitrogens with zero attached hydrogens (tertiary/aromatic N) is 2. The topological polar surface area (TPSA) is 126 Å². The van der Waals surface area contributed by atoms with Gasteiger partial charge in [0.05, 0.1) is 5.69 Å². The van der Waals surface area contributed by atoms with Gasteiger partial charge in [-0.05, 0) is 18.2 Å². The van der Waals surface area contributed by atoms with E-state index in [4.69, 9.17) is 10.5 Å². The zero-order valence-electron chi connectivity index (χ0n) is 15.1. The van der Waals surface area contributed by atoms with Crippen LogP contribution in [0.25, 0.3) is 5.76 Å². The number of fused-ring (bicyclic) bond motifs is 5. The van der Waals surface area contributed by atoms with Gasteiger partial charge in [-0.3, -0.25) is 9.10 Å². The Balaban J connectivity index is 2.00. The minimum atomic E-state index is -4.22. The third kappa shape index (κ3) is 1.86. The number of nitrogens with two attached hydrogens (primary N) is 1. The second-order valence-corrected chi connectivity index (χ2v) is 8.76. The van der Waals surface area contributed by atoms with Crippen LogP contribution in [0, 0.1) is 11.3 Å². The van der Waals surface area contributed by atoms with Crippen LogP contribution in [-0.4, -0.2) is 21.4 Å². The Morgan fingerprint density at radius 2 is 1.86 bits per heavy atom. The van der Waals surface area contributed by atoms with E-state index in [1.54, 1.807) is 48.5 Å². The van der Waals surface area contributed by atoms with E-state index in [1.165, 1.54) is 7.05 Å². The monoisotopic (exact) mass is 406 g/mol. The standard InChI is InChI=1S/C20H14N4O4S/c1-24-15-9-5-2-6-11(15)16-17(29(24,26)27)20(13(10-21)18(22)28-16)12-7-3-4-8-14(12)23-19(20)25/h2-9H,22H2,1H3,(H,23,25)/t20-/m1/s1. The van der Waals surface area contributed by atoms with Gasteiger partial charge in [0.15, 0.2) is 11.2 Å². The summed E-state index contributed by atoms with van der Waals surface area (Å²) in [6, 6.07) is 15.3. The number of carbonyl (C=O) groups excluding carboxylic acids is 1. The van der Waals surface area contributed by atoms with Crippen molar-refractivity contribution in [3.8, 4) is 6.07 Å². The highest BCUT2D eigenvalue weighted by molar-refractivity contribution is 7.97. The van der Waals surface area contributed by atoms with Crippen LogP contribution in [0.5, 0.6) is 0 Å². The summed E-state index contributed by atoms with van der Waals surface area (Å²) in [5.41, 5.74) is 5.50. The fourth-order valence-electron chi connectivity index (χ4n) is 4.24. The number of nitrogens with one attached hydrogen (secondary N) is 1. The van der Waals surface area contributed by atoms with Gasteiger partial charge in [0, 0.05) is 23.9 Å². The van der Waals surface area contributed by atoms with Crippen LogP contribution in [0.4, 0.5) is 11.4 Å². The minimum absolute atomic E-state index is 0.0398. The molecule has 1 atom stereocenters. The van der Waals surface area contributed by atoms with Crippen LogP contribution in [-0.2, 0) is 25.0 Å². The van der Waals surface area contributed by atoms with Gasteiger partial charge in [-0.1, -0.05) is 30.3 Å². The number of carbonyl (C=O) groups is 1. The van der Waals surface area contributed by atoms with Crippen LogP contribution in [0.15, 0.2) is 64.9 Å².